The molecule has 2 aliphatic rings. The van der Waals surface area contributed by atoms with Gasteiger partial charge in [0.1, 0.15) is 5.75 Å². The molecule has 1 atom stereocenters. The van der Waals surface area contributed by atoms with Crippen LogP contribution in [0, 0.1) is 0 Å². The SMILES string of the molecule is Brc1ccc(OC2CCCC3(CC2)OCCO3)cc1. The Morgan fingerprint density at radius 1 is 1.05 bits per heavy atom. The van der Waals surface area contributed by atoms with Gasteiger partial charge >= 0.3 is 0 Å². The molecule has 1 heterocycles. The molecule has 19 heavy (non-hydrogen) atoms. The minimum atomic E-state index is -0.308. The predicted molar refractivity (Wildman–Crippen MR) is 76.3 cm³/mol. The molecule has 1 aliphatic heterocycles. The molecule has 1 saturated heterocycles. The molecule has 3 rings (SSSR count). The van der Waals surface area contributed by atoms with Gasteiger partial charge in [-0.25, -0.2) is 0 Å². The smallest absolute Gasteiger partial charge is 0.168 e. The molecular weight excluding hydrogens is 308 g/mol. The maximum absolute atomic E-state index is 6.06. The van der Waals surface area contributed by atoms with Gasteiger partial charge in [0.2, 0.25) is 0 Å². The summed E-state index contributed by atoms with van der Waals surface area (Å²) in [6.45, 7) is 1.47. The number of benzene rings is 1. The molecule has 1 unspecified atom stereocenters. The topological polar surface area (TPSA) is 27.7 Å². The van der Waals surface area contributed by atoms with Crippen molar-refractivity contribution < 1.29 is 14.2 Å². The number of hydrogen-bond acceptors (Lipinski definition) is 3. The molecule has 1 saturated carbocycles. The first-order chi connectivity index (χ1) is 9.26. The Kier molecular flexibility index (Phi) is 4.10. The van der Waals surface area contributed by atoms with E-state index in [1.807, 2.05) is 24.3 Å². The number of halogens is 1. The molecule has 0 radical (unpaired) electrons. The zero-order chi connectivity index (χ0) is 13.1. The fraction of sp³-hybridized carbons (Fsp3) is 0.600. The Morgan fingerprint density at radius 3 is 2.53 bits per heavy atom. The second-order valence-electron chi connectivity index (χ2n) is 5.23. The minimum absolute atomic E-state index is 0.272. The first-order valence-corrected chi connectivity index (χ1v) is 7.75. The highest BCUT2D eigenvalue weighted by Crippen LogP contribution is 2.35. The van der Waals surface area contributed by atoms with Crippen molar-refractivity contribution in [3.63, 3.8) is 0 Å². The van der Waals surface area contributed by atoms with Gasteiger partial charge in [-0.05, 0) is 43.5 Å². The van der Waals surface area contributed by atoms with Crippen molar-refractivity contribution in [1.82, 2.24) is 0 Å². The van der Waals surface area contributed by atoms with E-state index in [1.165, 1.54) is 0 Å². The van der Waals surface area contributed by atoms with E-state index < -0.39 is 0 Å². The molecule has 1 aromatic rings. The summed E-state index contributed by atoms with van der Waals surface area (Å²) in [7, 11) is 0. The molecule has 0 aromatic heterocycles. The first-order valence-electron chi connectivity index (χ1n) is 6.96. The van der Waals surface area contributed by atoms with Gasteiger partial charge < -0.3 is 14.2 Å². The summed E-state index contributed by atoms with van der Waals surface area (Å²) in [5.74, 6) is 0.634. The summed E-state index contributed by atoms with van der Waals surface area (Å²) in [4.78, 5) is 0. The van der Waals surface area contributed by atoms with Crippen molar-refractivity contribution >= 4 is 15.9 Å². The van der Waals surface area contributed by atoms with Crippen LogP contribution in [0.2, 0.25) is 0 Å². The predicted octanol–water partition coefficient (Wildman–Crippen LogP) is 3.90. The largest absolute Gasteiger partial charge is 0.490 e. The Hall–Kier alpha value is -0.580. The average molecular weight is 327 g/mol. The monoisotopic (exact) mass is 326 g/mol. The van der Waals surface area contributed by atoms with Gasteiger partial charge in [-0.3, -0.25) is 0 Å². The van der Waals surface area contributed by atoms with Gasteiger partial charge in [0.25, 0.3) is 0 Å². The van der Waals surface area contributed by atoms with Crippen LogP contribution in [0.15, 0.2) is 28.7 Å². The number of ether oxygens (including phenoxy) is 3. The molecule has 104 valence electrons. The van der Waals surface area contributed by atoms with Crippen molar-refractivity contribution in [2.75, 3.05) is 13.2 Å². The Labute approximate surface area is 122 Å². The quantitative estimate of drug-likeness (QED) is 0.824. The van der Waals surface area contributed by atoms with Gasteiger partial charge in [0, 0.05) is 17.3 Å². The summed E-state index contributed by atoms with van der Waals surface area (Å²) >= 11 is 3.44. The fourth-order valence-electron chi connectivity index (χ4n) is 2.86. The Balaban J connectivity index is 1.59. The minimum Gasteiger partial charge on any atom is -0.490 e. The summed E-state index contributed by atoms with van der Waals surface area (Å²) in [5.41, 5.74) is 0. The second-order valence-corrected chi connectivity index (χ2v) is 6.15. The summed E-state index contributed by atoms with van der Waals surface area (Å²) < 4.78 is 18.7. The van der Waals surface area contributed by atoms with E-state index in [4.69, 9.17) is 14.2 Å². The zero-order valence-electron chi connectivity index (χ0n) is 10.9. The maximum Gasteiger partial charge on any atom is 0.168 e. The third-order valence-electron chi connectivity index (χ3n) is 3.86. The number of hydrogen-bond donors (Lipinski definition) is 0. The molecule has 1 aromatic carbocycles. The van der Waals surface area contributed by atoms with Crippen LogP contribution in [-0.4, -0.2) is 25.1 Å². The standard InChI is InChI=1S/C15H19BrO3/c16-12-3-5-14(6-4-12)19-13-2-1-8-15(9-7-13)17-10-11-18-15/h3-6,13H,1-2,7-11H2. The first kappa shape index (κ1) is 13.4. The van der Waals surface area contributed by atoms with E-state index in [1.54, 1.807) is 0 Å². The second kappa shape index (κ2) is 5.81. The lowest BCUT2D eigenvalue weighted by atomic mass is 10.1. The Bertz CT molecular complexity index is 412. The van der Waals surface area contributed by atoms with Crippen molar-refractivity contribution in [1.29, 1.82) is 0 Å². The number of rotatable bonds is 2. The van der Waals surface area contributed by atoms with Crippen LogP contribution in [0.3, 0.4) is 0 Å². The normalized spacial score (nSPS) is 26.3. The molecule has 0 bridgehead atoms. The van der Waals surface area contributed by atoms with Crippen molar-refractivity contribution in [2.45, 2.75) is 44.0 Å². The molecule has 1 spiro atoms. The van der Waals surface area contributed by atoms with Crippen LogP contribution in [0.4, 0.5) is 0 Å². The molecule has 4 heteroatoms. The highest BCUT2D eigenvalue weighted by molar-refractivity contribution is 9.10. The summed E-state index contributed by atoms with van der Waals surface area (Å²) in [5, 5.41) is 0. The van der Waals surface area contributed by atoms with Crippen molar-refractivity contribution in [2.24, 2.45) is 0 Å². The molecular formula is C15H19BrO3. The van der Waals surface area contributed by atoms with Crippen LogP contribution in [0.1, 0.15) is 32.1 Å². The van der Waals surface area contributed by atoms with Gasteiger partial charge in [-0.2, -0.15) is 0 Å². The van der Waals surface area contributed by atoms with E-state index in [9.17, 15) is 0 Å². The molecule has 3 nitrogen and oxygen atoms in total. The molecule has 0 N–H and O–H groups in total. The fourth-order valence-corrected chi connectivity index (χ4v) is 3.12. The molecule has 2 fully saturated rings. The van der Waals surface area contributed by atoms with Gasteiger partial charge in [-0.15, -0.1) is 0 Å². The van der Waals surface area contributed by atoms with Crippen LogP contribution in [0.5, 0.6) is 5.75 Å². The van der Waals surface area contributed by atoms with E-state index >= 15 is 0 Å². The average Bonchev–Trinajstić information content (AvgIpc) is 2.78. The molecule has 0 amide bonds. The summed E-state index contributed by atoms with van der Waals surface area (Å²) in [6, 6.07) is 8.04. The Morgan fingerprint density at radius 2 is 1.79 bits per heavy atom. The van der Waals surface area contributed by atoms with Gasteiger partial charge in [0.15, 0.2) is 5.79 Å². The molecule has 1 aliphatic carbocycles. The van der Waals surface area contributed by atoms with E-state index in [-0.39, 0.29) is 11.9 Å². The lowest BCUT2D eigenvalue weighted by Gasteiger charge is -2.25. The van der Waals surface area contributed by atoms with Crippen molar-refractivity contribution in [3.05, 3.63) is 28.7 Å². The third-order valence-corrected chi connectivity index (χ3v) is 4.39. The lowest BCUT2D eigenvalue weighted by molar-refractivity contribution is -0.165. The maximum atomic E-state index is 6.06. The van der Waals surface area contributed by atoms with Crippen LogP contribution in [0.25, 0.3) is 0 Å². The van der Waals surface area contributed by atoms with Crippen LogP contribution < -0.4 is 4.74 Å². The highest BCUT2D eigenvalue weighted by Gasteiger charge is 2.38. The van der Waals surface area contributed by atoms with Crippen LogP contribution >= 0.6 is 15.9 Å². The van der Waals surface area contributed by atoms with E-state index in [2.05, 4.69) is 15.9 Å². The van der Waals surface area contributed by atoms with E-state index in [0.717, 1.165) is 55.5 Å². The van der Waals surface area contributed by atoms with Crippen molar-refractivity contribution in [3.8, 4) is 5.75 Å². The van der Waals surface area contributed by atoms with Gasteiger partial charge in [0.05, 0.1) is 19.3 Å². The summed E-state index contributed by atoms with van der Waals surface area (Å²) in [6.07, 6.45) is 5.37. The van der Waals surface area contributed by atoms with Gasteiger partial charge in [-0.1, -0.05) is 15.9 Å². The lowest BCUT2D eigenvalue weighted by Crippen LogP contribution is -2.29. The third kappa shape index (κ3) is 3.30. The van der Waals surface area contributed by atoms with Crippen LogP contribution in [-0.2, 0) is 9.47 Å². The zero-order valence-corrected chi connectivity index (χ0v) is 12.5. The highest BCUT2D eigenvalue weighted by atomic mass is 79.9. The van der Waals surface area contributed by atoms with E-state index in [0.29, 0.717) is 0 Å².